The SMILES string of the molecule is O=C(NCCc1nc(-c2cccnc2)no1)[C@H]1CCS(=O)(=O)C1. The summed E-state index contributed by atoms with van der Waals surface area (Å²) in [6, 6.07) is 3.60. The van der Waals surface area contributed by atoms with Gasteiger partial charge in [0.2, 0.25) is 17.6 Å². The van der Waals surface area contributed by atoms with E-state index in [-0.39, 0.29) is 17.4 Å². The summed E-state index contributed by atoms with van der Waals surface area (Å²) < 4.78 is 27.8. The van der Waals surface area contributed by atoms with Crippen LogP contribution in [0.4, 0.5) is 0 Å². The van der Waals surface area contributed by atoms with Crippen LogP contribution in [-0.2, 0) is 21.1 Å². The first-order valence-corrected chi connectivity index (χ1v) is 9.07. The lowest BCUT2D eigenvalue weighted by atomic mass is 10.1. The molecule has 0 bridgehead atoms. The molecule has 0 radical (unpaired) electrons. The summed E-state index contributed by atoms with van der Waals surface area (Å²) in [6.45, 7) is 0.323. The number of nitrogens with one attached hydrogen (secondary N) is 1. The van der Waals surface area contributed by atoms with Crippen LogP contribution in [0.3, 0.4) is 0 Å². The number of amides is 1. The van der Waals surface area contributed by atoms with E-state index < -0.39 is 15.8 Å². The Labute approximate surface area is 133 Å². The Morgan fingerprint density at radius 1 is 1.43 bits per heavy atom. The van der Waals surface area contributed by atoms with Crippen LogP contribution in [0.25, 0.3) is 11.4 Å². The highest BCUT2D eigenvalue weighted by atomic mass is 32.2. The molecule has 1 aliphatic rings. The minimum absolute atomic E-state index is 0.0649. The summed E-state index contributed by atoms with van der Waals surface area (Å²) in [5.74, 6) is 0.185. The molecule has 2 aromatic heterocycles. The van der Waals surface area contributed by atoms with Crippen LogP contribution in [0.1, 0.15) is 12.3 Å². The average Bonchev–Trinajstić information content (AvgIpc) is 3.14. The quantitative estimate of drug-likeness (QED) is 0.830. The maximum Gasteiger partial charge on any atom is 0.228 e. The van der Waals surface area contributed by atoms with E-state index in [9.17, 15) is 13.2 Å². The van der Waals surface area contributed by atoms with Crippen molar-refractivity contribution in [3.8, 4) is 11.4 Å². The van der Waals surface area contributed by atoms with Crippen molar-refractivity contribution in [2.75, 3.05) is 18.1 Å². The van der Waals surface area contributed by atoms with Gasteiger partial charge in [-0.15, -0.1) is 0 Å². The Morgan fingerprint density at radius 3 is 3.00 bits per heavy atom. The van der Waals surface area contributed by atoms with Crippen molar-refractivity contribution in [1.82, 2.24) is 20.4 Å². The van der Waals surface area contributed by atoms with Gasteiger partial charge in [-0.2, -0.15) is 4.98 Å². The molecule has 2 aromatic rings. The smallest absolute Gasteiger partial charge is 0.228 e. The molecule has 1 fully saturated rings. The van der Waals surface area contributed by atoms with Gasteiger partial charge in [0.1, 0.15) is 0 Å². The number of rotatable bonds is 5. The second-order valence-electron chi connectivity index (χ2n) is 5.39. The zero-order chi connectivity index (χ0) is 16.3. The zero-order valence-corrected chi connectivity index (χ0v) is 13.1. The van der Waals surface area contributed by atoms with E-state index in [1.165, 1.54) is 0 Å². The molecule has 1 amide bonds. The van der Waals surface area contributed by atoms with Gasteiger partial charge in [-0.25, -0.2) is 8.42 Å². The van der Waals surface area contributed by atoms with Crippen molar-refractivity contribution >= 4 is 15.7 Å². The molecule has 122 valence electrons. The molecule has 1 atom stereocenters. The number of hydrogen-bond acceptors (Lipinski definition) is 7. The van der Waals surface area contributed by atoms with Gasteiger partial charge in [-0.1, -0.05) is 5.16 Å². The fraction of sp³-hybridized carbons (Fsp3) is 0.429. The van der Waals surface area contributed by atoms with Crippen molar-refractivity contribution in [3.63, 3.8) is 0 Å². The lowest BCUT2D eigenvalue weighted by molar-refractivity contribution is -0.124. The first-order valence-electron chi connectivity index (χ1n) is 7.25. The number of nitrogens with zero attached hydrogens (tertiary/aromatic N) is 3. The molecule has 0 unspecified atom stereocenters. The first-order chi connectivity index (χ1) is 11.0. The number of hydrogen-bond donors (Lipinski definition) is 1. The fourth-order valence-electron chi connectivity index (χ4n) is 2.41. The molecule has 8 nitrogen and oxygen atoms in total. The van der Waals surface area contributed by atoms with E-state index in [0.717, 1.165) is 5.56 Å². The number of pyridine rings is 1. The van der Waals surface area contributed by atoms with E-state index in [1.807, 2.05) is 6.07 Å². The predicted octanol–water partition coefficient (Wildman–Crippen LogP) is 0.225. The first kappa shape index (κ1) is 15.6. The van der Waals surface area contributed by atoms with E-state index in [0.29, 0.717) is 31.1 Å². The standard InChI is InChI=1S/C14H16N4O4S/c19-14(11-4-7-23(20,21)9-11)16-6-3-12-17-13(18-22-12)10-2-1-5-15-8-10/h1-2,5,8,11H,3-4,6-7,9H2,(H,16,19)/t11-/m0/s1. The van der Waals surface area contributed by atoms with Crippen molar-refractivity contribution in [2.24, 2.45) is 5.92 Å². The molecule has 0 saturated carbocycles. The molecular formula is C14H16N4O4S. The highest BCUT2D eigenvalue weighted by Gasteiger charge is 2.32. The molecule has 3 heterocycles. The molecule has 1 aliphatic heterocycles. The Balaban J connectivity index is 1.50. The van der Waals surface area contributed by atoms with Gasteiger partial charge in [0.15, 0.2) is 9.84 Å². The Kier molecular flexibility index (Phi) is 4.37. The van der Waals surface area contributed by atoms with Gasteiger partial charge >= 0.3 is 0 Å². The van der Waals surface area contributed by atoms with E-state index >= 15 is 0 Å². The summed E-state index contributed by atoms with van der Waals surface area (Å²) in [6.07, 6.45) is 4.07. The van der Waals surface area contributed by atoms with Crippen LogP contribution in [0.2, 0.25) is 0 Å². The second kappa shape index (κ2) is 6.45. The van der Waals surface area contributed by atoms with Gasteiger partial charge in [0.05, 0.1) is 17.4 Å². The number of carbonyl (C=O) groups excluding carboxylic acids is 1. The summed E-state index contributed by atoms with van der Waals surface area (Å²) in [4.78, 5) is 20.1. The molecule has 9 heteroatoms. The molecule has 1 saturated heterocycles. The normalized spacial score (nSPS) is 19.6. The predicted molar refractivity (Wildman–Crippen MR) is 81.0 cm³/mol. The van der Waals surface area contributed by atoms with Crippen LogP contribution >= 0.6 is 0 Å². The third-order valence-electron chi connectivity index (χ3n) is 3.63. The lowest BCUT2D eigenvalue weighted by Crippen LogP contribution is -2.32. The maximum absolute atomic E-state index is 11.9. The highest BCUT2D eigenvalue weighted by Crippen LogP contribution is 2.18. The van der Waals surface area contributed by atoms with E-state index in [1.54, 1.807) is 18.5 Å². The molecule has 1 N–H and O–H groups in total. The topological polar surface area (TPSA) is 115 Å². The van der Waals surface area contributed by atoms with Gasteiger partial charge in [0, 0.05) is 30.9 Å². The maximum atomic E-state index is 11.9. The van der Waals surface area contributed by atoms with Crippen LogP contribution in [-0.4, -0.2) is 47.5 Å². The van der Waals surface area contributed by atoms with Crippen molar-refractivity contribution in [1.29, 1.82) is 0 Å². The summed E-state index contributed by atoms with van der Waals surface area (Å²) in [5, 5.41) is 6.58. The second-order valence-corrected chi connectivity index (χ2v) is 7.62. The van der Waals surface area contributed by atoms with Crippen molar-refractivity contribution < 1.29 is 17.7 Å². The largest absolute Gasteiger partial charge is 0.355 e. The molecule has 0 spiro atoms. The van der Waals surface area contributed by atoms with Crippen molar-refractivity contribution in [3.05, 3.63) is 30.4 Å². The third kappa shape index (κ3) is 3.92. The van der Waals surface area contributed by atoms with E-state index in [2.05, 4.69) is 20.4 Å². The fourth-order valence-corrected chi connectivity index (χ4v) is 4.15. The van der Waals surface area contributed by atoms with Gasteiger partial charge in [0.25, 0.3) is 0 Å². The zero-order valence-electron chi connectivity index (χ0n) is 12.3. The van der Waals surface area contributed by atoms with Crippen LogP contribution < -0.4 is 5.32 Å². The molecule has 3 rings (SSSR count). The molecule has 0 aliphatic carbocycles. The number of aromatic nitrogens is 3. The average molecular weight is 336 g/mol. The minimum atomic E-state index is -3.05. The Hall–Kier alpha value is -2.29. The van der Waals surface area contributed by atoms with Crippen molar-refractivity contribution in [2.45, 2.75) is 12.8 Å². The van der Waals surface area contributed by atoms with Gasteiger partial charge in [-0.3, -0.25) is 9.78 Å². The van der Waals surface area contributed by atoms with Crippen LogP contribution in [0.5, 0.6) is 0 Å². The summed E-state index contributed by atoms with van der Waals surface area (Å²) in [7, 11) is -3.05. The van der Waals surface area contributed by atoms with Crippen LogP contribution in [0, 0.1) is 5.92 Å². The van der Waals surface area contributed by atoms with Gasteiger partial charge < -0.3 is 9.84 Å². The summed E-state index contributed by atoms with van der Waals surface area (Å²) >= 11 is 0. The molecular weight excluding hydrogens is 320 g/mol. The Morgan fingerprint density at radius 2 is 2.30 bits per heavy atom. The molecule has 23 heavy (non-hydrogen) atoms. The lowest BCUT2D eigenvalue weighted by Gasteiger charge is -2.07. The number of carbonyl (C=O) groups is 1. The third-order valence-corrected chi connectivity index (χ3v) is 5.40. The Bertz CT molecular complexity index is 788. The molecule has 0 aromatic carbocycles. The highest BCUT2D eigenvalue weighted by molar-refractivity contribution is 7.91. The van der Waals surface area contributed by atoms with Crippen LogP contribution in [0.15, 0.2) is 29.0 Å². The summed E-state index contributed by atoms with van der Waals surface area (Å²) in [5.41, 5.74) is 0.752. The monoisotopic (exact) mass is 336 g/mol. The number of sulfone groups is 1. The van der Waals surface area contributed by atoms with Gasteiger partial charge in [-0.05, 0) is 18.6 Å². The minimum Gasteiger partial charge on any atom is -0.355 e. The van der Waals surface area contributed by atoms with E-state index in [4.69, 9.17) is 4.52 Å².